The molecule has 1 saturated carbocycles. The van der Waals surface area contributed by atoms with Crippen molar-refractivity contribution in [2.45, 2.75) is 31.2 Å². The highest BCUT2D eigenvalue weighted by Crippen LogP contribution is 2.30. The van der Waals surface area contributed by atoms with Crippen molar-refractivity contribution in [3.8, 4) is 0 Å². The number of nitrogens with two attached hydrogens (primary N) is 1. The minimum Gasteiger partial charge on any atom is -0.409 e. The monoisotopic (exact) mass is 266 g/mol. The minimum atomic E-state index is -0.887. The fourth-order valence-corrected chi connectivity index (χ4v) is 2.36. The van der Waals surface area contributed by atoms with Gasteiger partial charge in [-0.25, -0.2) is 4.39 Å². The number of amidine groups is 1. The van der Waals surface area contributed by atoms with Crippen LogP contribution in [-0.2, 0) is 0 Å². The number of hydrogen-bond donors (Lipinski definition) is 3. The van der Waals surface area contributed by atoms with Crippen molar-refractivity contribution in [3.05, 3.63) is 29.8 Å². The second-order valence-corrected chi connectivity index (χ2v) is 4.58. The molecule has 0 saturated heterocycles. The summed E-state index contributed by atoms with van der Waals surface area (Å²) < 4.78 is 13.5. The van der Waals surface area contributed by atoms with Crippen LogP contribution in [0.4, 0.5) is 4.39 Å². The molecule has 7 heteroatoms. The van der Waals surface area contributed by atoms with Gasteiger partial charge in [-0.05, 0) is 18.9 Å². The Morgan fingerprint density at radius 1 is 1.53 bits per heavy atom. The Labute approximate surface area is 109 Å². The molecule has 1 aromatic rings. The minimum absolute atomic E-state index is 0.0483. The summed E-state index contributed by atoms with van der Waals surface area (Å²) in [5.41, 5.74) is 4.66. The maximum Gasteiger partial charge on any atom is 0.255 e. The van der Waals surface area contributed by atoms with E-state index in [1.807, 2.05) is 0 Å². The molecule has 0 spiro atoms. The molecule has 6 nitrogen and oxygen atoms in total. The van der Waals surface area contributed by atoms with E-state index in [1.165, 1.54) is 12.3 Å². The largest absolute Gasteiger partial charge is 0.409 e. The Kier molecular flexibility index (Phi) is 3.64. The van der Waals surface area contributed by atoms with Gasteiger partial charge in [0, 0.05) is 6.20 Å². The number of oxime groups is 1. The summed E-state index contributed by atoms with van der Waals surface area (Å²) in [5, 5.41) is 14.5. The van der Waals surface area contributed by atoms with Gasteiger partial charge in [-0.3, -0.25) is 9.78 Å². The van der Waals surface area contributed by atoms with Gasteiger partial charge in [0.05, 0.1) is 11.8 Å². The van der Waals surface area contributed by atoms with Crippen molar-refractivity contribution in [2.24, 2.45) is 10.9 Å². The van der Waals surface area contributed by atoms with Crippen LogP contribution in [0.25, 0.3) is 0 Å². The molecule has 0 aliphatic heterocycles. The Morgan fingerprint density at radius 2 is 2.21 bits per heavy atom. The summed E-state index contributed by atoms with van der Waals surface area (Å²) in [6.07, 6.45) is 5.16. The normalized spacial score (nSPS) is 18.3. The molecule has 1 aliphatic rings. The molecule has 2 rings (SSSR count). The lowest BCUT2D eigenvalue weighted by molar-refractivity contribution is 0.0918. The van der Waals surface area contributed by atoms with Crippen molar-refractivity contribution in [3.63, 3.8) is 0 Å². The Morgan fingerprint density at radius 3 is 2.79 bits per heavy atom. The van der Waals surface area contributed by atoms with Crippen LogP contribution in [0.5, 0.6) is 0 Å². The number of halogens is 1. The first-order valence-electron chi connectivity index (χ1n) is 5.99. The van der Waals surface area contributed by atoms with Gasteiger partial charge in [0.2, 0.25) is 0 Å². The van der Waals surface area contributed by atoms with E-state index in [0.29, 0.717) is 12.8 Å². The molecular formula is C12H15FN4O2. The van der Waals surface area contributed by atoms with Crippen LogP contribution in [0, 0.1) is 5.82 Å². The first-order chi connectivity index (χ1) is 9.09. The molecule has 1 aromatic heterocycles. The van der Waals surface area contributed by atoms with Crippen LogP contribution in [0.15, 0.2) is 23.6 Å². The highest BCUT2D eigenvalue weighted by molar-refractivity contribution is 6.00. The average Bonchev–Trinajstić information content (AvgIpc) is 2.88. The molecule has 1 aliphatic carbocycles. The number of aromatic nitrogens is 1. The topological polar surface area (TPSA) is 101 Å². The number of nitrogens with zero attached hydrogens (tertiary/aromatic N) is 2. The van der Waals surface area contributed by atoms with Gasteiger partial charge >= 0.3 is 0 Å². The molecule has 102 valence electrons. The number of pyridine rings is 1. The van der Waals surface area contributed by atoms with Gasteiger partial charge in [0.15, 0.2) is 11.7 Å². The van der Waals surface area contributed by atoms with Gasteiger partial charge in [0.25, 0.3) is 5.91 Å². The zero-order valence-electron chi connectivity index (χ0n) is 10.3. The fraction of sp³-hybridized carbons (Fsp3) is 0.417. The summed E-state index contributed by atoms with van der Waals surface area (Å²) in [5.74, 6) is -1.34. The zero-order valence-corrected chi connectivity index (χ0v) is 10.3. The molecule has 4 N–H and O–H groups in total. The molecule has 0 atom stereocenters. The lowest BCUT2D eigenvalue weighted by Crippen LogP contribution is -2.55. The highest BCUT2D eigenvalue weighted by Gasteiger charge is 2.40. The Bertz CT molecular complexity index is 512. The molecule has 0 aromatic carbocycles. The Hall–Kier alpha value is -2.18. The molecule has 1 amide bonds. The van der Waals surface area contributed by atoms with Crippen LogP contribution < -0.4 is 11.1 Å². The van der Waals surface area contributed by atoms with E-state index in [4.69, 9.17) is 10.9 Å². The van der Waals surface area contributed by atoms with Gasteiger partial charge in [0.1, 0.15) is 5.54 Å². The van der Waals surface area contributed by atoms with E-state index in [2.05, 4.69) is 15.5 Å². The maximum atomic E-state index is 13.5. The predicted octanol–water partition coefficient (Wildman–Crippen LogP) is 1.01. The van der Waals surface area contributed by atoms with Crippen LogP contribution >= 0.6 is 0 Å². The number of amides is 1. The maximum absolute atomic E-state index is 13.5. The van der Waals surface area contributed by atoms with Gasteiger partial charge in [-0.1, -0.05) is 18.0 Å². The number of hydrogen-bond acceptors (Lipinski definition) is 4. The molecule has 1 fully saturated rings. The second-order valence-electron chi connectivity index (χ2n) is 4.58. The summed E-state index contributed by atoms with van der Waals surface area (Å²) in [7, 11) is 0. The number of rotatable bonds is 3. The van der Waals surface area contributed by atoms with E-state index < -0.39 is 17.3 Å². The predicted molar refractivity (Wildman–Crippen MR) is 66.3 cm³/mol. The quantitative estimate of drug-likeness (QED) is 0.329. The smallest absolute Gasteiger partial charge is 0.255 e. The third-order valence-corrected chi connectivity index (χ3v) is 3.43. The zero-order chi connectivity index (χ0) is 13.9. The van der Waals surface area contributed by atoms with Gasteiger partial charge < -0.3 is 16.3 Å². The van der Waals surface area contributed by atoms with E-state index in [0.717, 1.165) is 19.0 Å². The third-order valence-electron chi connectivity index (χ3n) is 3.43. The Balaban J connectivity index is 2.24. The summed E-state index contributed by atoms with van der Waals surface area (Å²) in [6.45, 7) is 0. The van der Waals surface area contributed by atoms with Crippen molar-refractivity contribution in [1.82, 2.24) is 10.3 Å². The second kappa shape index (κ2) is 5.21. The third kappa shape index (κ3) is 2.49. The first-order valence-corrected chi connectivity index (χ1v) is 5.99. The van der Waals surface area contributed by atoms with Crippen LogP contribution in [0.1, 0.15) is 36.0 Å². The van der Waals surface area contributed by atoms with Crippen LogP contribution in [0.3, 0.4) is 0 Å². The lowest BCUT2D eigenvalue weighted by atomic mass is 9.95. The molecule has 0 bridgehead atoms. The average molecular weight is 266 g/mol. The van der Waals surface area contributed by atoms with E-state index >= 15 is 0 Å². The first kappa shape index (κ1) is 13.3. The van der Waals surface area contributed by atoms with Crippen molar-refractivity contribution < 1.29 is 14.4 Å². The van der Waals surface area contributed by atoms with Crippen molar-refractivity contribution in [1.29, 1.82) is 0 Å². The summed E-state index contributed by atoms with van der Waals surface area (Å²) in [4.78, 5) is 15.7. The number of carbonyl (C=O) groups excluding carboxylic acids is 1. The number of carbonyl (C=O) groups is 1. The molecule has 0 unspecified atom stereocenters. The summed E-state index contributed by atoms with van der Waals surface area (Å²) >= 11 is 0. The van der Waals surface area contributed by atoms with Crippen LogP contribution in [-0.4, -0.2) is 27.5 Å². The van der Waals surface area contributed by atoms with E-state index in [9.17, 15) is 9.18 Å². The van der Waals surface area contributed by atoms with Crippen LogP contribution in [0.2, 0.25) is 0 Å². The van der Waals surface area contributed by atoms with E-state index in [-0.39, 0.29) is 11.4 Å². The van der Waals surface area contributed by atoms with Gasteiger partial charge in [-0.2, -0.15) is 0 Å². The van der Waals surface area contributed by atoms with Gasteiger partial charge in [-0.15, -0.1) is 0 Å². The highest BCUT2D eigenvalue weighted by atomic mass is 19.1. The SMILES string of the molecule is NC(=NO)C1(NC(=O)c2ccncc2F)CCCC1. The lowest BCUT2D eigenvalue weighted by Gasteiger charge is -2.28. The van der Waals surface area contributed by atoms with Crippen molar-refractivity contribution >= 4 is 11.7 Å². The molecular weight excluding hydrogens is 251 g/mol. The molecule has 0 radical (unpaired) electrons. The number of nitrogens with one attached hydrogen (secondary N) is 1. The van der Waals surface area contributed by atoms with E-state index in [1.54, 1.807) is 0 Å². The molecule has 19 heavy (non-hydrogen) atoms. The fourth-order valence-electron chi connectivity index (χ4n) is 2.36. The van der Waals surface area contributed by atoms with Crippen molar-refractivity contribution in [2.75, 3.05) is 0 Å². The standard InChI is InChI=1S/C12H15FN4O2/c13-9-7-15-6-3-8(9)10(18)16-12(11(14)17-19)4-1-2-5-12/h3,6-7,19H,1-2,4-5H2,(H2,14,17)(H,16,18). The molecule has 1 heterocycles. The summed E-state index contributed by atoms with van der Waals surface area (Å²) in [6, 6.07) is 1.29.